The Morgan fingerprint density at radius 3 is 2.31 bits per heavy atom. The van der Waals surface area contributed by atoms with Crippen LogP contribution in [0.3, 0.4) is 0 Å². The Labute approximate surface area is 107 Å². The number of halogens is 3. The minimum Gasteiger partial charge on any atom is -0.207 e. The van der Waals surface area contributed by atoms with Crippen molar-refractivity contribution in [1.82, 2.24) is 0 Å². The summed E-state index contributed by atoms with van der Waals surface area (Å²) in [7, 11) is 0. The monoisotopic (exact) mass is 272 g/mol. The normalized spacial score (nSPS) is 10.4. The second-order valence-electron chi connectivity index (χ2n) is 3.11. The number of hydrogen-bond donors (Lipinski definition) is 0. The van der Waals surface area contributed by atoms with Crippen LogP contribution in [0.2, 0.25) is 10.0 Å². The zero-order chi connectivity index (χ0) is 11.5. The van der Waals surface area contributed by atoms with Gasteiger partial charge in [-0.2, -0.15) is 0 Å². The molecule has 0 aliphatic heterocycles. The topological polar surface area (TPSA) is 0 Å². The van der Waals surface area contributed by atoms with Gasteiger partial charge in [-0.05, 0) is 36.4 Å². The van der Waals surface area contributed by atoms with Crippen molar-refractivity contribution in [3.05, 3.63) is 58.3 Å². The van der Waals surface area contributed by atoms with Crippen LogP contribution in [0.4, 0.5) is 4.39 Å². The molecule has 0 saturated heterocycles. The minimum absolute atomic E-state index is 0.249. The molecule has 0 unspecified atom stereocenters. The predicted octanol–water partition coefficient (Wildman–Crippen LogP) is 5.28. The molecule has 0 bridgehead atoms. The maximum absolute atomic E-state index is 12.7. The third-order valence-electron chi connectivity index (χ3n) is 1.96. The van der Waals surface area contributed by atoms with Gasteiger partial charge in [0.2, 0.25) is 0 Å². The number of hydrogen-bond acceptors (Lipinski definition) is 1. The lowest BCUT2D eigenvalue weighted by Crippen LogP contribution is -1.78. The highest BCUT2D eigenvalue weighted by molar-refractivity contribution is 7.99. The van der Waals surface area contributed by atoms with Crippen LogP contribution in [0.15, 0.2) is 52.3 Å². The van der Waals surface area contributed by atoms with E-state index >= 15 is 0 Å². The summed E-state index contributed by atoms with van der Waals surface area (Å²) in [6, 6.07) is 11.7. The summed E-state index contributed by atoms with van der Waals surface area (Å²) < 4.78 is 12.7. The SMILES string of the molecule is Fc1ccc(Sc2cccc(Cl)c2Cl)cc1. The first-order valence-corrected chi connectivity index (χ1v) is 6.11. The van der Waals surface area contributed by atoms with Gasteiger partial charge in [0.25, 0.3) is 0 Å². The maximum Gasteiger partial charge on any atom is 0.123 e. The van der Waals surface area contributed by atoms with Crippen LogP contribution in [0.25, 0.3) is 0 Å². The molecule has 2 rings (SSSR count). The number of rotatable bonds is 2. The van der Waals surface area contributed by atoms with E-state index in [0.29, 0.717) is 10.0 Å². The third kappa shape index (κ3) is 2.70. The highest BCUT2D eigenvalue weighted by atomic mass is 35.5. The van der Waals surface area contributed by atoms with E-state index in [-0.39, 0.29) is 5.82 Å². The molecule has 4 heteroatoms. The Morgan fingerprint density at radius 2 is 1.62 bits per heavy atom. The molecule has 0 aromatic heterocycles. The van der Waals surface area contributed by atoms with E-state index < -0.39 is 0 Å². The zero-order valence-corrected chi connectivity index (χ0v) is 10.4. The molecular formula is C12H7Cl2FS. The maximum atomic E-state index is 12.7. The Morgan fingerprint density at radius 1 is 0.938 bits per heavy atom. The van der Waals surface area contributed by atoms with Crippen LogP contribution in [-0.4, -0.2) is 0 Å². The third-order valence-corrected chi connectivity index (χ3v) is 3.96. The summed E-state index contributed by atoms with van der Waals surface area (Å²) in [5, 5.41) is 1.05. The molecule has 16 heavy (non-hydrogen) atoms. The van der Waals surface area contributed by atoms with Crippen molar-refractivity contribution in [3.63, 3.8) is 0 Å². The summed E-state index contributed by atoms with van der Waals surface area (Å²) in [6.45, 7) is 0. The van der Waals surface area contributed by atoms with Crippen LogP contribution < -0.4 is 0 Å². The summed E-state index contributed by atoms with van der Waals surface area (Å²) in [6.07, 6.45) is 0. The Kier molecular flexibility index (Phi) is 3.74. The van der Waals surface area contributed by atoms with Gasteiger partial charge in [0, 0.05) is 9.79 Å². The van der Waals surface area contributed by atoms with E-state index in [1.54, 1.807) is 18.2 Å². The standard InChI is InChI=1S/C12H7Cl2FS/c13-10-2-1-3-11(12(10)14)16-9-6-4-8(15)5-7-9/h1-7H. The second-order valence-corrected chi connectivity index (χ2v) is 5.01. The molecule has 0 nitrogen and oxygen atoms in total. The van der Waals surface area contributed by atoms with Crippen molar-refractivity contribution in [2.24, 2.45) is 0 Å². The molecule has 0 radical (unpaired) electrons. The van der Waals surface area contributed by atoms with Gasteiger partial charge in [0.15, 0.2) is 0 Å². The molecule has 0 atom stereocenters. The van der Waals surface area contributed by atoms with E-state index in [2.05, 4.69) is 0 Å². The fourth-order valence-electron chi connectivity index (χ4n) is 1.19. The second kappa shape index (κ2) is 5.09. The zero-order valence-electron chi connectivity index (χ0n) is 8.08. The van der Waals surface area contributed by atoms with Gasteiger partial charge in [-0.15, -0.1) is 0 Å². The predicted molar refractivity (Wildman–Crippen MR) is 67.0 cm³/mol. The van der Waals surface area contributed by atoms with E-state index in [1.807, 2.05) is 12.1 Å². The molecule has 0 aliphatic rings. The first kappa shape index (κ1) is 11.8. The van der Waals surface area contributed by atoms with Gasteiger partial charge >= 0.3 is 0 Å². The molecular weight excluding hydrogens is 266 g/mol. The lowest BCUT2D eigenvalue weighted by atomic mass is 10.3. The van der Waals surface area contributed by atoms with E-state index in [1.165, 1.54) is 23.9 Å². The minimum atomic E-state index is -0.249. The van der Waals surface area contributed by atoms with Gasteiger partial charge in [0.05, 0.1) is 10.0 Å². The Balaban J connectivity index is 2.27. The van der Waals surface area contributed by atoms with E-state index in [0.717, 1.165) is 9.79 Å². The smallest absolute Gasteiger partial charge is 0.123 e. The largest absolute Gasteiger partial charge is 0.207 e. The van der Waals surface area contributed by atoms with Gasteiger partial charge in [-0.1, -0.05) is 41.0 Å². The molecule has 0 aliphatic carbocycles. The summed E-state index contributed by atoms with van der Waals surface area (Å²) in [5.41, 5.74) is 0. The van der Waals surface area contributed by atoms with Crippen molar-refractivity contribution in [1.29, 1.82) is 0 Å². The lowest BCUT2D eigenvalue weighted by molar-refractivity contribution is 0.626. The first-order valence-electron chi connectivity index (χ1n) is 4.54. The van der Waals surface area contributed by atoms with Crippen molar-refractivity contribution in [2.75, 3.05) is 0 Å². The fraction of sp³-hybridized carbons (Fsp3) is 0. The Bertz CT molecular complexity index is 497. The van der Waals surface area contributed by atoms with Crippen molar-refractivity contribution < 1.29 is 4.39 Å². The molecule has 0 amide bonds. The first-order chi connectivity index (χ1) is 7.66. The van der Waals surface area contributed by atoms with Crippen molar-refractivity contribution >= 4 is 35.0 Å². The summed E-state index contributed by atoms with van der Waals surface area (Å²) >= 11 is 13.4. The average Bonchev–Trinajstić information content (AvgIpc) is 2.28. The van der Waals surface area contributed by atoms with Gasteiger partial charge < -0.3 is 0 Å². The molecule has 0 heterocycles. The molecule has 0 fully saturated rings. The van der Waals surface area contributed by atoms with Crippen LogP contribution in [0.5, 0.6) is 0 Å². The molecule has 0 spiro atoms. The molecule has 2 aromatic carbocycles. The Hall–Kier alpha value is -0.700. The lowest BCUT2D eigenvalue weighted by Gasteiger charge is -2.05. The highest BCUT2D eigenvalue weighted by Crippen LogP contribution is 2.36. The van der Waals surface area contributed by atoms with E-state index in [9.17, 15) is 4.39 Å². The molecule has 2 aromatic rings. The van der Waals surface area contributed by atoms with Crippen molar-refractivity contribution in [2.45, 2.75) is 9.79 Å². The summed E-state index contributed by atoms with van der Waals surface area (Å²) in [4.78, 5) is 1.78. The highest BCUT2D eigenvalue weighted by Gasteiger charge is 2.05. The van der Waals surface area contributed by atoms with E-state index in [4.69, 9.17) is 23.2 Å². The van der Waals surface area contributed by atoms with Gasteiger partial charge in [-0.25, -0.2) is 4.39 Å². The van der Waals surface area contributed by atoms with Crippen LogP contribution in [-0.2, 0) is 0 Å². The van der Waals surface area contributed by atoms with Gasteiger partial charge in [-0.3, -0.25) is 0 Å². The van der Waals surface area contributed by atoms with Crippen LogP contribution in [0, 0.1) is 5.82 Å². The summed E-state index contributed by atoms with van der Waals surface area (Å²) in [5.74, 6) is -0.249. The average molecular weight is 273 g/mol. The fourth-order valence-corrected chi connectivity index (χ4v) is 2.54. The quantitative estimate of drug-likeness (QED) is 0.717. The molecule has 0 N–H and O–H groups in total. The van der Waals surface area contributed by atoms with Crippen LogP contribution in [0.1, 0.15) is 0 Å². The molecule has 82 valence electrons. The van der Waals surface area contributed by atoms with Crippen molar-refractivity contribution in [3.8, 4) is 0 Å². The molecule has 0 saturated carbocycles. The van der Waals surface area contributed by atoms with Gasteiger partial charge in [0.1, 0.15) is 5.82 Å². The number of benzene rings is 2. The van der Waals surface area contributed by atoms with Crippen LogP contribution >= 0.6 is 35.0 Å².